The molecule has 0 unspecified atom stereocenters. The summed E-state index contributed by atoms with van der Waals surface area (Å²) in [6.45, 7) is 3.76. The number of H-pyrrole nitrogens is 1. The summed E-state index contributed by atoms with van der Waals surface area (Å²) in [7, 11) is 0. The predicted octanol–water partition coefficient (Wildman–Crippen LogP) is 2.93. The summed E-state index contributed by atoms with van der Waals surface area (Å²) in [6.07, 6.45) is 0. The van der Waals surface area contributed by atoms with Gasteiger partial charge in [-0.05, 0) is 25.3 Å². The maximum Gasteiger partial charge on any atom is 0.343 e. The Morgan fingerprint density at radius 1 is 1.59 bits per heavy atom. The lowest BCUT2D eigenvalue weighted by Gasteiger charge is -2.01. The fraction of sp³-hybridized carbons (Fsp3) is 0.250. The van der Waals surface area contributed by atoms with Crippen molar-refractivity contribution in [1.29, 1.82) is 0 Å². The molecule has 0 aliphatic heterocycles. The first-order chi connectivity index (χ1) is 8.15. The van der Waals surface area contributed by atoms with E-state index in [1.165, 1.54) is 11.3 Å². The largest absolute Gasteiger partial charge is 0.505 e. The Kier molecular flexibility index (Phi) is 3.19. The highest BCUT2D eigenvalue weighted by atomic mass is 32.1. The summed E-state index contributed by atoms with van der Waals surface area (Å²) in [5.74, 6) is -0.537. The third-order valence-corrected chi connectivity index (χ3v) is 3.30. The third kappa shape index (κ3) is 2.06. The van der Waals surface area contributed by atoms with Gasteiger partial charge in [-0.1, -0.05) is 6.07 Å². The number of aromatic nitrogens is 1. The molecule has 0 fully saturated rings. The second-order valence-corrected chi connectivity index (χ2v) is 4.49. The number of thiophene rings is 1. The zero-order chi connectivity index (χ0) is 12.4. The lowest BCUT2D eigenvalue weighted by molar-refractivity contribution is 0.0522. The summed E-state index contributed by atoms with van der Waals surface area (Å²) in [5, 5.41) is 12.0. The maximum absolute atomic E-state index is 11.7. The van der Waals surface area contributed by atoms with Gasteiger partial charge in [-0.2, -0.15) is 0 Å². The molecular weight excluding hydrogens is 238 g/mol. The minimum absolute atomic E-state index is 0.0385. The summed E-state index contributed by atoms with van der Waals surface area (Å²) in [4.78, 5) is 15.6. The minimum Gasteiger partial charge on any atom is -0.505 e. The van der Waals surface area contributed by atoms with E-state index in [0.29, 0.717) is 11.4 Å². The van der Waals surface area contributed by atoms with E-state index in [1.807, 2.05) is 17.5 Å². The highest BCUT2D eigenvalue weighted by molar-refractivity contribution is 7.13. The van der Waals surface area contributed by atoms with E-state index in [9.17, 15) is 9.90 Å². The van der Waals surface area contributed by atoms with Crippen LogP contribution in [0.4, 0.5) is 0 Å². The highest BCUT2D eigenvalue weighted by Gasteiger charge is 2.22. The quantitative estimate of drug-likeness (QED) is 0.824. The van der Waals surface area contributed by atoms with Gasteiger partial charge < -0.3 is 14.8 Å². The molecule has 0 atom stereocenters. The average Bonchev–Trinajstić information content (AvgIpc) is 2.87. The molecule has 2 N–H and O–H groups in total. The number of hydrogen-bond acceptors (Lipinski definition) is 4. The van der Waals surface area contributed by atoms with Crippen molar-refractivity contribution >= 4 is 17.3 Å². The molecule has 0 spiro atoms. The number of aromatic amines is 1. The first-order valence-corrected chi connectivity index (χ1v) is 6.15. The summed E-state index contributed by atoms with van der Waals surface area (Å²) >= 11 is 1.49. The van der Waals surface area contributed by atoms with Crippen molar-refractivity contribution in [2.24, 2.45) is 0 Å². The Morgan fingerprint density at radius 2 is 2.35 bits per heavy atom. The van der Waals surface area contributed by atoms with Crippen molar-refractivity contribution in [3.63, 3.8) is 0 Å². The first kappa shape index (κ1) is 11.7. The molecular formula is C12H13NO3S. The summed E-state index contributed by atoms with van der Waals surface area (Å²) in [6, 6.07) is 3.77. The van der Waals surface area contributed by atoms with Crippen molar-refractivity contribution in [3.8, 4) is 16.3 Å². The van der Waals surface area contributed by atoms with Crippen molar-refractivity contribution < 1.29 is 14.6 Å². The van der Waals surface area contributed by atoms with Crippen LogP contribution in [0.1, 0.15) is 23.0 Å². The van der Waals surface area contributed by atoms with Gasteiger partial charge in [0.05, 0.1) is 17.2 Å². The van der Waals surface area contributed by atoms with E-state index in [4.69, 9.17) is 4.74 Å². The van der Waals surface area contributed by atoms with Crippen molar-refractivity contribution in [2.75, 3.05) is 6.61 Å². The molecule has 0 aliphatic rings. The number of ether oxygens (including phenoxy) is 1. The standard InChI is InChI=1S/C12H13NO3S/c1-3-16-12(15)9-7(2)13-10(11(9)14)8-5-4-6-17-8/h4-6,13-14H,3H2,1-2H3. The molecule has 0 aromatic carbocycles. The molecule has 90 valence electrons. The molecule has 0 saturated carbocycles. The fourth-order valence-corrected chi connectivity index (χ4v) is 2.39. The van der Waals surface area contributed by atoms with Crippen LogP contribution in [0.3, 0.4) is 0 Å². The van der Waals surface area contributed by atoms with Gasteiger partial charge in [0.25, 0.3) is 0 Å². The Labute approximate surface area is 103 Å². The monoisotopic (exact) mass is 251 g/mol. The van der Waals surface area contributed by atoms with Gasteiger partial charge in [-0.15, -0.1) is 11.3 Å². The predicted molar refractivity (Wildman–Crippen MR) is 66.5 cm³/mol. The molecule has 5 heteroatoms. The van der Waals surface area contributed by atoms with E-state index in [0.717, 1.165) is 4.88 Å². The van der Waals surface area contributed by atoms with E-state index in [2.05, 4.69) is 4.98 Å². The fourth-order valence-electron chi connectivity index (χ4n) is 1.66. The van der Waals surface area contributed by atoms with Crippen LogP contribution in [0.15, 0.2) is 17.5 Å². The molecule has 17 heavy (non-hydrogen) atoms. The van der Waals surface area contributed by atoms with Gasteiger partial charge >= 0.3 is 5.97 Å². The number of aryl methyl sites for hydroxylation is 1. The van der Waals surface area contributed by atoms with E-state index < -0.39 is 5.97 Å². The molecule has 0 amide bonds. The molecule has 4 nitrogen and oxygen atoms in total. The van der Waals surface area contributed by atoms with Gasteiger partial charge in [0.2, 0.25) is 0 Å². The minimum atomic E-state index is -0.499. The second kappa shape index (κ2) is 4.63. The number of esters is 1. The van der Waals surface area contributed by atoms with Crippen LogP contribution < -0.4 is 0 Å². The Balaban J connectivity index is 2.46. The van der Waals surface area contributed by atoms with Crippen LogP contribution in [0.5, 0.6) is 5.75 Å². The van der Waals surface area contributed by atoms with Crippen LogP contribution >= 0.6 is 11.3 Å². The lowest BCUT2D eigenvalue weighted by Crippen LogP contribution is -2.05. The number of carbonyl (C=O) groups is 1. The topological polar surface area (TPSA) is 62.3 Å². The van der Waals surface area contributed by atoms with E-state index >= 15 is 0 Å². The Hall–Kier alpha value is -1.75. The normalized spacial score (nSPS) is 10.5. The summed E-state index contributed by atoms with van der Waals surface area (Å²) in [5.41, 5.74) is 1.40. The molecule has 0 bridgehead atoms. The Morgan fingerprint density at radius 3 is 2.94 bits per heavy atom. The molecule has 0 saturated heterocycles. The molecule has 2 aromatic rings. The van der Waals surface area contributed by atoms with Gasteiger partial charge in [-0.3, -0.25) is 0 Å². The summed E-state index contributed by atoms with van der Waals surface area (Å²) < 4.78 is 4.90. The Bertz CT molecular complexity index is 528. The SMILES string of the molecule is CCOC(=O)c1c(C)[nH]c(-c2cccs2)c1O. The van der Waals surface area contributed by atoms with Crippen molar-refractivity contribution in [2.45, 2.75) is 13.8 Å². The molecule has 2 heterocycles. The zero-order valence-corrected chi connectivity index (χ0v) is 10.4. The molecule has 2 rings (SSSR count). The van der Waals surface area contributed by atoms with Gasteiger partial charge in [0.1, 0.15) is 5.56 Å². The average molecular weight is 251 g/mol. The number of hydrogen-bond donors (Lipinski definition) is 2. The molecule has 2 aromatic heterocycles. The smallest absolute Gasteiger partial charge is 0.343 e. The number of nitrogens with one attached hydrogen (secondary N) is 1. The van der Waals surface area contributed by atoms with Crippen LogP contribution in [0.25, 0.3) is 10.6 Å². The van der Waals surface area contributed by atoms with Gasteiger partial charge in [0.15, 0.2) is 5.75 Å². The van der Waals surface area contributed by atoms with E-state index in [-0.39, 0.29) is 17.9 Å². The third-order valence-electron chi connectivity index (χ3n) is 2.41. The van der Waals surface area contributed by atoms with Crippen molar-refractivity contribution in [1.82, 2.24) is 4.98 Å². The number of aromatic hydroxyl groups is 1. The number of rotatable bonds is 3. The maximum atomic E-state index is 11.7. The van der Waals surface area contributed by atoms with Crippen LogP contribution in [0.2, 0.25) is 0 Å². The zero-order valence-electron chi connectivity index (χ0n) is 9.61. The van der Waals surface area contributed by atoms with Crippen LogP contribution in [-0.2, 0) is 4.74 Å². The van der Waals surface area contributed by atoms with Gasteiger partial charge in [0, 0.05) is 5.69 Å². The first-order valence-electron chi connectivity index (χ1n) is 5.27. The van der Waals surface area contributed by atoms with Crippen LogP contribution in [0, 0.1) is 6.92 Å². The highest BCUT2D eigenvalue weighted by Crippen LogP contribution is 2.36. The molecule has 0 radical (unpaired) electrons. The van der Waals surface area contributed by atoms with Crippen LogP contribution in [-0.4, -0.2) is 22.7 Å². The molecule has 0 aliphatic carbocycles. The van der Waals surface area contributed by atoms with Crippen molar-refractivity contribution in [3.05, 3.63) is 28.8 Å². The second-order valence-electron chi connectivity index (χ2n) is 3.55. The van der Waals surface area contributed by atoms with E-state index in [1.54, 1.807) is 13.8 Å². The van der Waals surface area contributed by atoms with Gasteiger partial charge in [-0.25, -0.2) is 4.79 Å². The lowest BCUT2D eigenvalue weighted by atomic mass is 10.2. The number of carbonyl (C=O) groups excluding carboxylic acids is 1.